The van der Waals surface area contributed by atoms with Crippen LogP contribution in [0.2, 0.25) is 0 Å². The van der Waals surface area contributed by atoms with Crippen LogP contribution in [0.15, 0.2) is 72.3 Å². The Bertz CT molecular complexity index is 1410. The van der Waals surface area contributed by atoms with Crippen LogP contribution in [0.4, 0.5) is 5.69 Å². The van der Waals surface area contributed by atoms with E-state index in [0.29, 0.717) is 34.1 Å². The minimum absolute atomic E-state index is 0.0601. The number of carbonyl (C=O) groups excluding carboxylic acids is 3. The van der Waals surface area contributed by atoms with Crippen molar-refractivity contribution >= 4 is 29.1 Å². The fourth-order valence-corrected chi connectivity index (χ4v) is 4.38. The number of nitrogens with zero attached hydrogens (tertiary/aromatic N) is 1. The van der Waals surface area contributed by atoms with E-state index in [1.165, 1.54) is 39.4 Å². The predicted octanol–water partition coefficient (Wildman–Crippen LogP) is 4.05. The Morgan fingerprint density at radius 2 is 1.55 bits per heavy atom. The van der Waals surface area contributed by atoms with Gasteiger partial charge in [0.25, 0.3) is 11.7 Å². The van der Waals surface area contributed by atoms with Gasteiger partial charge in [-0.25, -0.2) is 0 Å². The minimum atomic E-state index is -0.979. The van der Waals surface area contributed by atoms with Gasteiger partial charge in [0.2, 0.25) is 0 Å². The predicted molar refractivity (Wildman–Crippen MR) is 139 cm³/mol. The summed E-state index contributed by atoms with van der Waals surface area (Å²) in [5.74, 6) is -1.24. The van der Waals surface area contributed by atoms with Crippen molar-refractivity contribution < 1.29 is 38.4 Å². The lowest BCUT2D eigenvalue weighted by molar-refractivity contribution is -0.139. The molecule has 196 valence electrons. The summed E-state index contributed by atoms with van der Waals surface area (Å²) in [5, 5.41) is 11.5. The molecule has 0 saturated carbocycles. The molecule has 1 atom stereocenters. The van der Waals surface area contributed by atoms with Gasteiger partial charge in [-0.05, 0) is 53.6 Å². The zero-order valence-electron chi connectivity index (χ0n) is 21.4. The second kappa shape index (κ2) is 11.1. The van der Waals surface area contributed by atoms with Gasteiger partial charge in [0.15, 0.2) is 0 Å². The van der Waals surface area contributed by atoms with E-state index in [2.05, 4.69) is 0 Å². The molecule has 9 heteroatoms. The number of anilines is 1. The van der Waals surface area contributed by atoms with Crippen molar-refractivity contribution in [2.24, 2.45) is 0 Å². The summed E-state index contributed by atoms with van der Waals surface area (Å²) in [6.07, 6.45) is 0.0601. The average molecular weight is 518 g/mol. The Labute approximate surface area is 219 Å². The molecule has 1 heterocycles. The molecule has 1 saturated heterocycles. The lowest BCUT2D eigenvalue weighted by Crippen LogP contribution is -2.29. The maximum Gasteiger partial charge on any atom is 0.309 e. The second-order valence-corrected chi connectivity index (χ2v) is 8.43. The number of aliphatic hydroxyl groups is 1. The van der Waals surface area contributed by atoms with Gasteiger partial charge in [0, 0.05) is 5.69 Å². The third-order valence-corrected chi connectivity index (χ3v) is 6.31. The smallest absolute Gasteiger partial charge is 0.309 e. The van der Waals surface area contributed by atoms with Crippen molar-refractivity contribution in [1.29, 1.82) is 0 Å². The number of Topliss-reactive ketones (excluding diaryl/α,β-unsaturated/α-hetero) is 1. The van der Waals surface area contributed by atoms with Crippen LogP contribution in [-0.2, 0) is 25.5 Å². The molecule has 1 fully saturated rings. The summed E-state index contributed by atoms with van der Waals surface area (Å²) in [7, 11) is 5.73. The number of ketones is 1. The number of rotatable bonds is 8. The molecule has 3 aromatic carbocycles. The molecule has 1 aliphatic heterocycles. The number of hydrogen-bond acceptors (Lipinski definition) is 8. The van der Waals surface area contributed by atoms with E-state index in [0.717, 1.165) is 0 Å². The molecule has 1 aliphatic rings. The molecule has 3 aromatic rings. The molecular weight excluding hydrogens is 490 g/mol. The van der Waals surface area contributed by atoms with Gasteiger partial charge in [-0.1, -0.05) is 24.3 Å². The fraction of sp³-hybridized carbons (Fsp3) is 0.207. The van der Waals surface area contributed by atoms with Crippen LogP contribution in [0, 0.1) is 0 Å². The lowest BCUT2D eigenvalue weighted by atomic mass is 9.94. The first-order chi connectivity index (χ1) is 18.3. The fourth-order valence-electron chi connectivity index (χ4n) is 4.38. The number of amides is 1. The Kier molecular flexibility index (Phi) is 7.66. The van der Waals surface area contributed by atoms with Gasteiger partial charge in [-0.3, -0.25) is 19.3 Å². The first-order valence-electron chi connectivity index (χ1n) is 11.7. The van der Waals surface area contributed by atoms with Crippen molar-refractivity contribution in [1.82, 2.24) is 0 Å². The van der Waals surface area contributed by atoms with Crippen LogP contribution in [0.25, 0.3) is 5.76 Å². The van der Waals surface area contributed by atoms with Crippen LogP contribution in [0.3, 0.4) is 0 Å². The number of benzene rings is 3. The van der Waals surface area contributed by atoms with Crippen molar-refractivity contribution in [2.75, 3.05) is 33.3 Å². The molecule has 4 rings (SSSR count). The van der Waals surface area contributed by atoms with Gasteiger partial charge in [0.05, 0.1) is 52.0 Å². The highest BCUT2D eigenvalue weighted by Gasteiger charge is 2.47. The maximum absolute atomic E-state index is 13.5. The van der Waals surface area contributed by atoms with Crippen molar-refractivity contribution in [3.63, 3.8) is 0 Å². The van der Waals surface area contributed by atoms with Crippen LogP contribution in [0.1, 0.15) is 22.7 Å². The van der Waals surface area contributed by atoms with Gasteiger partial charge in [-0.15, -0.1) is 0 Å². The number of esters is 1. The number of aliphatic hydroxyl groups excluding tert-OH is 1. The summed E-state index contributed by atoms with van der Waals surface area (Å²) in [5.41, 5.74) is 1.71. The standard InChI is InChI=1S/C29H27NO8/c1-35-20-7-5-6-18(15-20)26-25(27(32)22-16-21(36-2)12-13-23(22)37-3)28(33)29(34)30(26)19-10-8-17(9-11-19)14-24(31)38-4/h5-13,15-16,26,32H,14H2,1-4H3/b27-25+. The maximum atomic E-state index is 13.5. The van der Waals surface area contributed by atoms with Crippen molar-refractivity contribution in [2.45, 2.75) is 12.5 Å². The Morgan fingerprint density at radius 3 is 2.18 bits per heavy atom. The minimum Gasteiger partial charge on any atom is -0.507 e. The Morgan fingerprint density at radius 1 is 0.868 bits per heavy atom. The molecule has 0 bridgehead atoms. The van der Waals surface area contributed by atoms with Gasteiger partial charge in [0.1, 0.15) is 23.0 Å². The normalized spacial score (nSPS) is 16.3. The largest absolute Gasteiger partial charge is 0.507 e. The van der Waals surface area contributed by atoms with Gasteiger partial charge < -0.3 is 24.1 Å². The van der Waals surface area contributed by atoms with E-state index in [1.807, 2.05) is 0 Å². The summed E-state index contributed by atoms with van der Waals surface area (Å²) in [4.78, 5) is 39.9. The highest BCUT2D eigenvalue weighted by molar-refractivity contribution is 6.51. The highest BCUT2D eigenvalue weighted by Crippen LogP contribution is 2.44. The Balaban J connectivity index is 1.91. The summed E-state index contributed by atoms with van der Waals surface area (Å²) >= 11 is 0. The average Bonchev–Trinajstić information content (AvgIpc) is 3.22. The molecule has 1 amide bonds. The second-order valence-electron chi connectivity index (χ2n) is 8.43. The third kappa shape index (κ3) is 4.90. The molecule has 1 N–H and O–H groups in total. The van der Waals surface area contributed by atoms with Crippen molar-refractivity contribution in [3.8, 4) is 17.2 Å². The van der Waals surface area contributed by atoms with E-state index in [1.54, 1.807) is 60.7 Å². The summed E-state index contributed by atoms with van der Waals surface area (Å²) in [6.45, 7) is 0. The number of methoxy groups -OCH3 is 4. The van der Waals surface area contributed by atoms with E-state index in [9.17, 15) is 19.5 Å². The van der Waals surface area contributed by atoms with E-state index < -0.39 is 29.5 Å². The topological polar surface area (TPSA) is 112 Å². The molecule has 0 aliphatic carbocycles. The van der Waals surface area contributed by atoms with E-state index in [4.69, 9.17) is 18.9 Å². The zero-order valence-corrected chi connectivity index (χ0v) is 21.4. The van der Waals surface area contributed by atoms with Gasteiger partial charge >= 0.3 is 5.97 Å². The molecule has 38 heavy (non-hydrogen) atoms. The van der Waals surface area contributed by atoms with Crippen molar-refractivity contribution in [3.05, 3.63) is 89.0 Å². The zero-order chi connectivity index (χ0) is 27.4. The third-order valence-electron chi connectivity index (χ3n) is 6.31. The molecule has 9 nitrogen and oxygen atoms in total. The lowest BCUT2D eigenvalue weighted by Gasteiger charge is -2.26. The highest BCUT2D eigenvalue weighted by atomic mass is 16.5. The number of hydrogen-bond donors (Lipinski definition) is 1. The van der Waals surface area contributed by atoms with Crippen LogP contribution >= 0.6 is 0 Å². The van der Waals surface area contributed by atoms with Gasteiger partial charge in [-0.2, -0.15) is 0 Å². The first kappa shape index (κ1) is 26.3. The molecule has 0 radical (unpaired) electrons. The summed E-state index contributed by atoms with van der Waals surface area (Å²) < 4.78 is 20.8. The van der Waals surface area contributed by atoms with Crippen LogP contribution in [-0.4, -0.2) is 51.2 Å². The summed E-state index contributed by atoms with van der Waals surface area (Å²) in [6, 6.07) is 17.4. The molecular formula is C29H27NO8. The van der Waals surface area contributed by atoms with Crippen LogP contribution in [0.5, 0.6) is 17.2 Å². The monoisotopic (exact) mass is 517 g/mol. The first-order valence-corrected chi connectivity index (χ1v) is 11.7. The van der Waals surface area contributed by atoms with Crippen LogP contribution < -0.4 is 19.1 Å². The molecule has 1 unspecified atom stereocenters. The van der Waals surface area contributed by atoms with E-state index in [-0.39, 0.29) is 17.6 Å². The Hall–Kier alpha value is -4.79. The number of ether oxygens (including phenoxy) is 4. The number of carbonyl (C=O) groups is 3. The van der Waals surface area contributed by atoms with E-state index >= 15 is 0 Å². The molecule has 0 aromatic heterocycles. The molecule has 0 spiro atoms. The quantitative estimate of drug-likeness (QED) is 0.206. The SMILES string of the molecule is COC(=O)Cc1ccc(N2C(=O)C(=O)/C(=C(/O)c3cc(OC)ccc3OC)C2c2cccc(OC)c2)cc1.